The van der Waals surface area contributed by atoms with Crippen LogP contribution in [0.15, 0.2) is 24.3 Å². The number of alkyl halides is 2. The van der Waals surface area contributed by atoms with E-state index in [4.69, 9.17) is 9.47 Å². The van der Waals surface area contributed by atoms with Gasteiger partial charge < -0.3 is 19.7 Å². The van der Waals surface area contributed by atoms with Crippen molar-refractivity contribution in [2.24, 2.45) is 0 Å². The van der Waals surface area contributed by atoms with E-state index in [0.29, 0.717) is 0 Å². The van der Waals surface area contributed by atoms with Crippen LogP contribution in [-0.2, 0) is 28.0 Å². The zero-order valence-electron chi connectivity index (χ0n) is 15.0. The second-order valence-corrected chi connectivity index (χ2v) is 7.19. The Labute approximate surface area is 160 Å². The first-order valence-corrected chi connectivity index (χ1v) is 9.39. The first-order chi connectivity index (χ1) is 13.2. The Hall–Kier alpha value is -2.41. The molecule has 0 aliphatic heterocycles. The summed E-state index contributed by atoms with van der Waals surface area (Å²) in [6.07, 6.45) is -1.60. The summed E-state index contributed by atoms with van der Waals surface area (Å²) in [5.41, 5.74) is 0.0160. The van der Waals surface area contributed by atoms with Gasteiger partial charge in [-0.3, -0.25) is 4.72 Å². The molecule has 1 atom stereocenters. The molecule has 12 heteroatoms. The van der Waals surface area contributed by atoms with E-state index in [0.717, 1.165) is 0 Å². The van der Waals surface area contributed by atoms with Crippen LogP contribution < -0.4 is 9.46 Å². The smallest absolute Gasteiger partial charge is 0.355 e. The third kappa shape index (κ3) is 4.90. The van der Waals surface area contributed by atoms with Gasteiger partial charge in [0.25, 0.3) is 10.0 Å². The van der Waals surface area contributed by atoms with Gasteiger partial charge in [-0.15, -0.1) is 0 Å². The van der Waals surface area contributed by atoms with Crippen LogP contribution in [0.1, 0.15) is 28.7 Å². The van der Waals surface area contributed by atoms with Crippen molar-refractivity contribution in [1.82, 2.24) is 9.97 Å². The van der Waals surface area contributed by atoms with E-state index in [-0.39, 0.29) is 40.8 Å². The molecule has 1 aromatic heterocycles. The minimum atomic E-state index is -5.01. The molecular weight excluding hydrogens is 400 g/mol. The number of aromatic nitrogens is 2. The number of benzene rings is 1. The highest BCUT2D eigenvalue weighted by Crippen LogP contribution is 2.32. The van der Waals surface area contributed by atoms with Gasteiger partial charge in [0.15, 0.2) is 5.82 Å². The summed E-state index contributed by atoms with van der Waals surface area (Å²) in [6, 6.07) is 5.61. The van der Waals surface area contributed by atoms with Crippen LogP contribution in [0.4, 0.5) is 14.5 Å². The number of anilines is 1. The van der Waals surface area contributed by atoms with Crippen molar-refractivity contribution < 1.29 is 36.9 Å². The third-order valence-corrected chi connectivity index (χ3v) is 4.60. The monoisotopic (exact) mass is 419 g/mol. The lowest BCUT2D eigenvalue weighted by Gasteiger charge is -2.19. The lowest BCUT2D eigenvalue weighted by atomic mass is 10.0. The van der Waals surface area contributed by atoms with E-state index < -0.39 is 28.5 Å². The van der Waals surface area contributed by atoms with Crippen LogP contribution in [0, 0.1) is 0 Å². The number of nitrogens with one attached hydrogen (secondary N) is 1. The number of nitrogens with zero attached hydrogens (tertiary/aromatic N) is 2. The lowest BCUT2D eigenvalue weighted by Crippen LogP contribution is -2.23. The molecule has 1 unspecified atom stereocenters. The van der Waals surface area contributed by atoms with Crippen molar-refractivity contribution in [2.75, 3.05) is 18.9 Å². The number of sulfonamides is 1. The van der Waals surface area contributed by atoms with Crippen LogP contribution in [0.5, 0.6) is 5.88 Å². The Bertz CT molecular complexity index is 904. The van der Waals surface area contributed by atoms with Gasteiger partial charge in [0.2, 0.25) is 5.88 Å². The number of aliphatic hydroxyl groups is 2. The zero-order chi connectivity index (χ0) is 20.9. The van der Waals surface area contributed by atoms with Gasteiger partial charge >= 0.3 is 5.76 Å². The number of ether oxygens (including phenoxy) is 2. The van der Waals surface area contributed by atoms with Crippen molar-refractivity contribution in [1.29, 1.82) is 0 Å². The molecule has 0 saturated heterocycles. The molecule has 3 N–H and O–H groups in total. The molecule has 0 spiro atoms. The fourth-order valence-electron chi connectivity index (χ4n) is 2.37. The summed E-state index contributed by atoms with van der Waals surface area (Å²) in [4.78, 5) is 7.95. The summed E-state index contributed by atoms with van der Waals surface area (Å²) >= 11 is 0. The SMILES string of the molecule is COCc1cccc(C(O)c2nc(CO)cc(OC)n2)c1NS(=O)(=O)C(F)F. The summed E-state index contributed by atoms with van der Waals surface area (Å²) in [5, 5.41) is 20.0. The maximum absolute atomic E-state index is 12.9. The van der Waals surface area contributed by atoms with E-state index in [9.17, 15) is 27.4 Å². The predicted molar refractivity (Wildman–Crippen MR) is 94.3 cm³/mol. The van der Waals surface area contributed by atoms with Gasteiger partial charge in [0, 0.05) is 24.3 Å². The Morgan fingerprint density at radius 3 is 2.54 bits per heavy atom. The minimum Gasteiger partial charge on any atom is -0.481 e. The van der Waals surface area contributed by atoms with E-state index >= 15 is 0 Å². The van der Waals surface area contributed by atoms with Crippen LogP contribution in [0.3, 0.4) is 0 Å². The fourth-order valence-corrected chi connectivity index (χ4v) is 3.00. The number of hydrogen-bond acceptors (Lipinski definition) is 8. The molecule has 9 nitrogen and oxygen atoms in total. The standard InChI is InChI=1S/C16H19F2N3O6S/c1-26-8-9-4-3-5-11(13(9)21-28(24,25)16(17)18)14(23)15-19-10(7-22)6-12(20-15)27-2/h3-6,14,16,21-23H,7-8H2,1-2H3. The van der Waals surface area contributed by atoms with Crippen molar-refractivity contribution in [2.45, 2.75) is 25.1 Å². The lowest BCUT2D eigenvalue weighted by molar-refractivity contribution is 0.184. The zero-order valence-corrected chi connectivity index (χ0v) is 15.8. The second-order valence-electron chi connectivity index (χ2n) is 5.54. The van der Waals surface area contributed by atoms with Gasteiger partial charge in [0.05, 0.1) is 31.7 Å². The molecule has 1 heterocycles. The average Bonchev–Trinajstić information content (AvgIpc) is 2.68. The molecule has 0 amide bonds. The summed E-state index contributed by atoms with van der Waals surface area (Å²) in [6.45, 7) is -0.574. The average molecular weight is 419 g/mol. The van der Waals surface area contributed by atoms with Gasteiger partial charge in [0.1, 0.15) is 6.10 Å². The number of aliphatic hydroxyl groups excluding tert-OH is 2. The maximum Gasteiger partial charge on any atom is 0.355 e. The molecule has 154 valence electrons. The number of para-hydroxylation sites is 1. The molecular formula is C16H19F2N3O6S. The Kier molecular flexibility index (Phi) is 7.18. The normalized spacial score (nSPS) is 12.8. The van der Waals surface area contributed by atoms with E-state index in [1.807, 2.05) is 0 Å². The second kappa shape index (κ2) is 9.19. The molecule has 1 aromatic carbocycles. The van der Waals surface area contributed by atoms with Crippen LogP contribution in [-0.4, -0.2) is 48.6 Å². The minimum absolute atomic E-state index is 0.0517. The molecule has 2 aromatic rings. The number of methoxy groups -OCH3 is 2. The third-order valence-electron chi connectivity index (χ3n) is 3.64. The Morgan fingerprint density at radius 2 is 1.96 bits per heavy atom. The van der Waals surface area contributed by atoms with Crippen molar-refractivity contribution in [3.8, 4) is 5.88 Å². The number of hydrogen-bond donors (Lipinski definition) is 3. The van der Waals surface area contributed by atoms with Crippen LogP contribution in [0.25, 0.3) is 0 Å². The van der Waals surface area contributed by atoms with Crippen molar-refractivity contribution in [3.05, 3.63) is 46.9 Å². The van der Waals surface area contributed by atoms with Crippen LogP contribution >= 0.6 is 0 Å². The highest BCUT2D eigenvalue weighted by molar-refractivity contribution is 7.93. The van der Waals surface area contributed by atoms with Crippen LogP contribution in [0.2, 0.25) is 0 Å². The molecule has 0 aliphatic rings. The molecule has 0 bridgehead atoms. The predicted octanol–water partition coefficient (Wildman–Crippen LogP) is 1.17. The first kappa shape index (κ1) is 21.9. The largest absolute Gasteiger partial charge is 0.481 e. The highest BCUT2D eigenvalue weighted by atomic mass is 32.2. The van der Waals surface area contributed by atoms with Gasteiger partial charge in [-0.25, -0.2) is 13.4 Å². The van der Waals surface area contributed by atoms with E-state index in [1.165, 1.54) is 38.5 Å². The van der Waals surface area contributed by atoms with Crippen molar-refractivity contribution in [3.63, 3.8) is 0 Å². The molecule has 2 rings (SSSR count). The summed E-state index contributed by atoms with van der Waals surface area (Å²) in [5.74, 6) is -3.84. The molecule has 0 aliphatic carbocycles. The molecule has 28 heavy (non-hydrogen) atoms. The number of rotatable bonds is 9. The summed E-state index contributed by atoms with van der Waals surface area (Å²) in [7, 11) is -2.35. The number of halogens is 2. The van der Waals surface area contributed by atoms with E-state index in [1.54, 1.807) is 4.72 Å². The van der Waals surface area contributed by atoms with Gasteiger partial charge in [-0.2, -0.15) is 13.8 Å². The Balaban J connectivity index is 2.59. The fraction of sp³-hybridized carbons (Fsp3) is 0.375. The van der Waals surface area contributed by atoms with Crippen molar-refractivity contribution >= 4 is 15.7 Å². The summed E-state index contributed by atoms with van der Waals surface area (Å²) < 4.78 is 60.9. The Morgan fingerprint density at radius 1 is 1.25 bits per heavy atom. The highest BCUT2D eigenvalue weighted by Gasteiger charge is 2.28. The maximum atomic E-state index is 12.9. The molecule has 0 saturated carbocycles. The quantitative estimate of drug-likeness (QED) is 0.552. The van der Waals surface area contributed by atoms with Gasteiger partial charge in [-0.05, 0) is 0 Å². The molecule has 0 radical (unpaired) electrons. The topological polar surface area (TPSA) is 131 Å². The molecule has 0 fully saturated rings. The first-order valence-electron chi connectivity index (χ1n) is 7.84. The van der Waals surface area contributed by atoms with Gasteiger partial charge in [-0.1, -0.05) is 18.2 Å². The van der Waals surface area contributed by atoms with E-state index in [2.05, 4.69) is 9.97 Å².